The molecule has 0 aliphatic rings. The lowest BCUT2D eigenvalue weighted by molar-refractivity contribution is -0.121. The number of nitrogens with two attached hydrogens (primary N) is 1. The van der Waals surface area contributed by atoms with Crippen LogP contribution in [0.4, 0.5) is 0 Å². The molecule has 0 saturated carbocycles. The second kappa shape index (κ2) is 7.89. The van der Waals surface area contributed by atoms with Crippen LogP contribution in [0.2, 0.25) is 0 Å². The number of nitrogens with one attached hydrogen (secondary N) is 1. The molecule has 1 rings (SSSR count). The number of furan rings is 1. The average molecular weight is 253 g/mol. The molecule has 0 spiro atoms. The average Bonchev–Trinajstić information content (AvgIpc) is 2.74. The molecule has 0 aliphatic carbocycles. The molecular formula is C13H23N3O2. The number of hydrazine groups is 1. The lowest BCUT2D eigenvalue weighted by Crippen LogP contribution is -2.29. The van der Waals surface area contributed by atoms with Gasteiger partial charge in [-0.25, -0.2) is 5.84 Å². The summed E-state index contributed by atoms with van der Waals surface area (Å²) in [6.45, 7) is 3.91. The molecule has 5 nitrogen and oxygen atoms in total. The van der Waals surface area contributed by atoms with E-state index < -0.39 is 0 Å². The number of hydrogen-bond acceptors (Lipinski definition) is 4. The summed E-state index contributed by atoms with van der Waals surface area (Å²) in [6.07, 6.45) is 5.26. The Morgan fingerprint density at radius 2 is 2.22 bits per heavy atom. The third-order valence-corrected chi connectivity index (χ3v) is 3.01. The Balaban J connectivity index is 2.09. The lowest BCUT2D eigenvalue weighted by atomic mass is 10.1. The predicted octanol–water partition coefficient (Wildman–Crippen LogP) is 1.57. The zero-order valence-corrected chi connectivity index (χ0v) is 11.2. The van der Waals surface area contributed by atoms with Crippen LogP contribution in [0.15, 0.2) is 16.7 Å². The SMILES string of the molecule is Cc1occc1CN(C)CCCCCC(=O)NN. The van der Waals surface area contributed by atoms with Gasteiger partial charge in [0.1, 0.15) is 5.76 Å². The molecule has 1 amide bonds. The highest BCUT2D eigenvalue weighted by molar-refractivity contribution is 5.74. The van der Waals surface area contributed by atoms with Gasteiger partial charge in [-0.2, -0.15) is 0 Å². The predicted molar refractivity (Wildman–Crippen MR) is 70.6 cm³/mol. The van der Waals surface area contributed by atoms with Crippen LogP contribution in [0.25, 0.3) is 0 Å². The van der Waals surface area contributed by atoms with Crippen molar-refractivity contribution >= 4 is 5.91 Å². The number of nitrogens with zero attached hydrogens (tertiary/aromatic N) is 1. The molecule has 0 aliphatic heterocycles. The highest BCUT2D eigenvalue weighted by Crippen LogP contribution is 2.11. The molecule has 18 heavy (non-hydrogen) atoms. The summed E-state index contributed by atoms with van der Waals surface area (Å²) < 4.78 is 5.26. The van der Waals surface area contributed by atoms with Gasteiger partial charge in [-0.3, -0.25) is 10.2 Å². The Morgan fingerprint density at radius 3 is 2.83 bits per heavy atom. The first-order chi connectivity index (χ1) is 8.63. The van der Waals surface area contributed by atoms with Gasteiger partial charge in [0.15, 0.2) is 0 Å². The topological polar surface area (TPSA) is 71.5 Å². The minimum Gasteiger partial charge on any atom is -0.469 e. The molecule has 0 bridgehead atoms. The fraction of sp³-hybridized carbons (Fsp3) is 0.615. The van der Waals surface area contributed by atoms with Crippen LogP contribution in [0.3, 0.4) is 0 Å². The minimum absolute atomic E-state index is 0.0858. The van der Waals surface area contributed by atoms with Gasteiger partial charge >= 0.3 is 0 Å². The van der Waals surface area contributed by atoms with Gasteiger partial charge in [0.05, 0.1) is 6.26 Å². The molecule has 1 aromatic rings. The quantitative estimate of drug-likeness (QED) is 0.319. The first-order valence-electron chi connectivity index (χ1n) is 6.34. The van der Waals surface area contributed by atoms with Crippen LogP contribution in [-0.2, 0) is 11.3 Å². The standard InChI is InChI=1S/C13H23N3O2/c1-11-12(7-9-18-11)10-16(2)8-5-3-4-6-13(17)15-14/h7,9H,3-6,8,10,14H2,1-2H3,(H,15,17). The summed E-state index contributed by atoms with van der Waals surface area (Å²) in [4.78, 5) is 13.2. The summed E-state index contributed by atoms with van der Waals surface area (Å²) in [5.74, 6) is 5.91. The largest absolute Gasteiger partial charge is 0.469 e. The van der Waals surface area contributed by atoms with E-state index in [-0.39, 0.29) is 5.91 Å². The van der Waals surface area contributed by atoms with Crippen LogP contribution in [0, 0.1) is 6.92 Å². The van der Waals surface area contributed by atoms with Crippen molar-refractivity contribution in [2.75, 3.05) is 13.6 Å². The van der Waals surface area contributed by atoms with E-state index in [1.807, 2.05) is 13.0 Å². The van der Waals surface area contributed by atoms with Crippen LogP contribution >= 0.6 is 0 Å². The van der Waals surface area contributed by atoms with Crippen molar-refractivity contribution in [2.45, 2.75) is 39.2 Å². The number of unbranched alkanes of at least 4 members (excludes halogenated alkanes) is 2. The third-order valence-electron chi connectivity index (χ3n) is 3.01. The molecule has 0 unspecified atom stereocenters. The van der Waals surface area contributed by atoms with Gasteiger partial charge in [0.2, 0.25) is 5.91 Å². The molecule has 0 fully saturated rings. The van der Waals surface area contributed by atoms with Crippen LogP contribution in [-0.4, -0.2) is 24.4 Å². The van der Waals surface area contributed by atoms with E-state index in [4.69, 9.17) is 10.3 Å². The second-order valence-electron chi connectivity index (χ2n) is 4.62. The molecule has 0 radical (unpaired) electrons. The van der Waals surface area contributed by atoms with Gasteiger partial charge in [-0.05, 0) is 39.4 Å². The molecular weight excluding hydrogens is 230 g/mol. The van der Waals surface area contributed by atoms with Crippen molar-refractivity contribution in [3.63, 3.8) is 0 Å². The minimum atomic E-state index is -0.0858. The van der Waals surface area contributed by atoms with Crippen LogP contribution < -0.4 is 11.3 Å². The monoisotopic (exact) mass is 253 g/mol. The maximum Gasteiger partial charge on any atom is 0.233 e. The normalized spacial score (nSPS) is 10.9. The number of carbonyl (C=O) groups excluding carboxylic acids is 1. The zero-order chi connectivity index (χ0) is 13.4. The van der Waals surface area contributed by atoms with Gasteiger partial charge in [0.25, 0.3) is 0 Å². The Labute approximate surface area is 108 Å². The summed E-state index contributed by atoms with van der Waals surface area (Å²) in [5, 5.41) is 0. The van der Waals surface area contributed by atoms with Crippen molar-refractivity contribution in [3.8, 4) is 0 Å². The molecule has 1 heterocycles. The smallest absolute Gasteiger partial charge is 0.233 e. The van der Waals surface area contributed by atoms with Crippen molar-refractivity contribution in [1.82, 2.24) is 10.3 Å². The maximum atomic E-state index is 10.9. The van der Waals surface area contributed by atoms with Crippen molar-refractivity contribution in [2.24, 2.45) is 5.84 Å². The Kier molecular flexibility index (Phi) is 6.46. The molecule has 5 heteroatoms. The van der Waals surface area contributed by atoms with Gasteiger partial charge in [0, 0.05) is 18.5 Å². The maximum absolute atomic E-state index is 10.9. The van der Waals surface area contributed by atoms with Gasteiger partial charge in [-0.1, -0.05) is 6.42 Å². The molecule has 1 aromatic heterocycles. The highest BCUT2D eigenvalue weighted by Gasteiger charge is 2.05. The van der Waals surface area contributed by atoms with Crippen LogP contribution in [0.5, 0.6) is 0 Å². The summed E-state index contributed by atoms with van der Waals surface area (Å²) >= 11 is 0. The first kappa shape index (κ1) is 14.7. The van der Waals surface area contributed by atoms with E-state index >= 15 is 0 Å². The molecule has 0 saturated heterocycles. The number of rotatable bonds is 8. The fourth-order valence-corrected chi connectivity index (χ4v) is 1.86. The van der Waals surface area contributed by atoms with E-state index in [1.54, 1.807) is 6.26 Å². The number of hydrogen-bond donors (Lipinski definition) is 2. The fourth-order valence-electron chi connectivity index (χ4n) is 1.86. The second-order valence-corrected chi connectivity index (χ2v) is 4.62. The molecule has 3 N–H and O–H groups in total. The Hall–Kier alpha value is -1.33. The van der Waals surface area contributed by atoms with Crippen molar-refractivity contribution < 1.29 is 9.21 Å². The Bertz CT molecular complexity index is 363. The van der Waals surface area contributed by atoms with Crippen molar-refractivity contribution in [1.29, 1.82) is 0 Å². The first-order valence-corrected chi connectivity index (χ1v) is 6.34. The Morgan fingerprint density at radius 1 is 1.44 bits per heavy atom. The van der Waals surface area contributed by atoms with Gasteiger partial charge < -0.3 is 9.32 Å². The van der Waals surface area contributed by atoms with E-state index in [9.17, 15) is 4.79 Å². The number of aryl methyl sites for hydroxylation is 1. The summed E-state index contributed by atoms with van der Waals surface area (Å²) in [7, 11) is 2.10. The van der Waals surface area contributed by atoms with Gasteiger partial charge in [-0.15, -0.1) is 0 Å². The number of carbonyl (C=O) groups is 1. The third kappa shape index (κ3) is 5.33. The van der Waals surface area contributed by atoms with Crippen molar-refractivity contribution in [3.05, 3.63) is 23.7 Å². The number of amides is 1. The highest BCUT2D eigenvalue weighted by atomic mass is 16.3. The molecule has 0 aromatic carbocycles. The molecule has 0 atom stereocenters. The molecule has 102 valence electrons. The summed E-state index contributed by atoms with van der Waals surface area (Å²) in [6, 6.07) is 2.01. The van der Waals surface area contributed by atoms with E-state index in [0.717, 1.165) is 38.1 Å². The van der Waals surface area contributed by atoms with E-state index in [0.29, 0.717) is 6.42 Å². The van der Waals surface area contributed by atoms with E-state index in [1.165, 1.54) is 5.56 Å². The van der Waals surface area contributed by atoms with Crippen LogP contribution in [0.1, 0.15) is 37.0 Å². The summed E-state index contributed by atoms with van der Waals surface area (Å²) in [5.41, 5.74) is 3.38. The van der Waals surface area contributed by atoms with E-state index in [2.05, 4.69) is 17.4 Å². The zero-order valence-electron chi connectivity index (χ0n) is 11.2. The lowest BCUT2D eigenvalue weighted by Gasteiger charge is -2.15.